The molecule has 7 nitrogen and oxygen atoms in total. The smallest absolute Gasteiger partial charge is 0.223 e. The van der Waals surface area contributed by atoms with Gasteiger partial charge < -0.3 is 14.8 Å². The van der Waals surface area contributed by atoms with Gasteiger partial charge in [0.25, 0.3) is 0 Å². The third-order valence-electron chi connectivity index (χ3n) is 4.40. The van der Waals surface area contributed by atoms with E-state index in [0.717, 1.165) is 62.4 Å². The molecule has 0 saturated carbocycles. The van der Waals surface area contributed by atoms with Gasteiger partial charge in [0, 0.05) is 43.9 Å². The van der Waals surface area contributed by atoms with Crippen molar-refractivity contribution in [2.45, 2.75) is 37.9 Å². The van der Waals surface area contributed by atoms with E-state index in [1.165, 1.54) is 0 Å². The van der Waals surface area contributed by atoms with Gasteiger partial charge >= 0.3 is 0 Å². The van der Waals surface area contributed by atoms with Gasteiger partial charge in [0.2, 0.25) is 5.95 Å². The Bertz CT molecular complexity index is 670. The maximum atomic E-state index is 5.84. The van der Waals surface area contributed by atoms with Crippen molar-refractivity contribution in [3.8, 4) is 11.3 Å². The van der Waals surface area contributed by atoms with E-state index in [-0.39, 0.29) is 12.2 Å². The Morgan fingerprint density at radius 3 is 2.71 bits per heavy atom. The fraction of sp³-hybridized carbons (Fsp3) is 0.529. The van der Waals surface area contributed by atoms with Crippen LogP contribution in [0.25, 0.3) is 11.3 Å². The molecule has 4 rings (SSSR count). The molecule has 0 aromatic carbocycles. The second-order valence-corrected chi connectivity index (χ2v) is 6.10. The molecule has 1 N–H and O–H groups in total. The van der Waals surface area contributed by atoms with E-state index in [1.807, 2.05) is 6.20 Å². The highest BCUT2D eigenvalue weighted by Crippen LogP contribution is 2.33. The standard InChI is InChI=1S/C17H21N5O2/c1-3-12(23-7-1)9-20-17-21-10-13(14-11-18-5-6-19-14)16(22-17)15-4-2-8-24-15/h5-6,10-12,15H,1-4,7-9H2,(H,20,21,22)/t12-,15-/m0/s1. The zero-order valence-electron chi connectivity index (χ0n) is 13.5. The number of ether oxygens (including phenoxy) is 2. The quantitative estimate of drug-likeness (QED) is 0.902. The number of anilines is 1. The molecule has 0 bridgehead atoms. The van der Waals surface area contributed by atoms with Crippen LogP contribution in [0, 0.1) is 0 Å². The van der Waals surface area contributed by atoms with Crippen molar-refractivity contribution in [2.24, 2.45) is 0 Å². The van der Waals surface area contributed by atoms with Gasteiger partial charge in [0.1, 0.15) is 6.10 Å². The molecule has 2 aliphatic rings. The molecule has 0 aliphatic carbocycles. The number of aromatic nitrogens is 4. The largest absolute Gasteiger partial charge is 0.376 e. The first kappa shape index (κ1) is 15.4. The molecule has 0 unspecified atom stereocenters. The summed E-state index contributed by atoms with van der Waals surface area (Å²) >= 11 is 0. The van der Waals surface area contributed by atoms with Crippen LogP contribution < -0.4 is 5.32 Å². The number of rotatable bonds is 5. The summed E-state index contributed by atoms with van der Waals surface area (Å²) in [6, 6.07) is 0. The minimum Gasteiger partial charge on any atom is -0.376 e. The Labute approximate surface area is 140 Å². The van der Waals surface area contributed by atoms with Gasteiger partial charge in [-0.1, -0.05) is 0 Å². The molecule has 2 aromatic rings. The van der Waals surface area contributed by atoms with E-state index in [0.29, 0.717) is 5.95 Å². The molecule has 2 atom stereocenters. The van der Waals surface area contributed by atoms with Crippen molar-refractivity contribution in [3.63, 3.8) is 0 Å². The minimum atomic E-state index is -0.00622. The second kappa shape index (κ2) is 7.19. The third-order valence-corrected chi connectivity index (χ3v) is 4.40. The lowest BCUT2D eigenvalue weighted by Crippen LogP contribution is -2.20. The molecule has 0 amide bonds. The number of nitrogens with zero attached hydrogens (tertiary/aromatic N) is 4. The van der Waals surface area contributed by atoms with E-state index >= 15 is 0 Å². The van der Waals surface area contributed by atoms with Gasteiger partial charge in [-0.05, 0) is 25.7 Å². The maximum absolute atomic E-state index is 5.84. The summed E-state index contributed by atoms with van der Waals surface area (Å²) in [7, 11) is 0. The van der Waals surface area contributed by atoms with Crippen LogP contribution in [0.15, 0.2) is 24.8 Å². The first-order chi connectivity index (χ1) is 11.9. The van der Waals surface area contributed by atoms with Crippen molar-refractivity contribution < 1.29 is 9.47 Å². The monoisotopic (exact) mass is 327 g/mol. The predicted octanol–water partition coefficient (Wildman–Crippen LogP) is 2.38. The molecule has 24 heavy (non-hydrogen) atoms. The van der Waals surface area contributed by atoms with Crippen molar-refractivity contribution in [1.29, 1.82) is 0 Å². The van der Waals surface area contributed by atoms with Crippen LogP contribution >= 0.6 is 0 Å². The number of hydrogen-bond donors (Lipinski definition) is 1. The zero-order chi connectivity index (χ0) is 16.2. The van der Waals surface area contributed by atoms with E-state index in [9.17, 15) is 0 Å². The Morgan fingerprint density at radius 2 is 1.96 bits per heavy atom. The van der Waals surface area contributed by atoms with E-state index in [1.54, 1.807) is 18.6 Å². The Balaban J connectivity index is 1.59. The summed E-state index contributed by atoms with van der Waals surface area (Å²) in [5.41, 5.74) is 2.55. The highest BCUT2D eigenvalue weighted by atomic mass is 16.5. The number of nitrogens with one attached hydrogen (secondary N) is 1. The minimum absolute atomic E-state index is 0.00622. The Morgan fingerprint density at radius 1 is 1.04 bits per heavy atom. The van der Waals surface area contributed by atoms with Crippen LogP contribution in [0.4, 0.5) is 5.95 Å². The summed E-state index contributed by atoms with van der Waals surface area (Å²) in [5, 5.41) is 3.29. The van der Waals surface area contributed by atoms with Gasteiger partial charge in [-0.2, -0.15) is 0 Å². The summed E-state index contributed by atoms with van der Waals surface area (Å²) < 4.78 is 11.5. The molecule has 7 heteroatoms. The number of hydrogen-bond acceptors (Lipinski definition) is 7. The van der Waals surface area contributed by atoms with Crippen LogP contribution in [0.2, 0.25) is 0 Å². The molecule has 2 fully saturated rings. The maximum Gasteiger partial charge on any atom is 0.223 e. The lowest BCUT2D eigenvalue weighted by Gasteiger charge is -2.16. The lowest BCUT2D eigenvalue weighted by atomic mass is 10.1. The summed E-state index contributed by atoms with van der Waals surface area (Å²) in [6.45, 7) is 2.35. The highest BCUT2D eigenvalue weighted by Gasteiger charge is 2.24. The lowest BCUT2D eigenvalue weighted by molar-refractivity contribution is 0.109. The van der Waals surface area contributed by atoms with E-state index in [2.05, 4.69) is 20.3 Å². The van der Waals surface area contributed by atoms with Crippen molar-refractivity contribution in [2.75, 3.05) is 25.1 Å². The van der Waals surface area contributed by atoms with E-state index in [4.69, 9.17) is 14.5 Å². The molecule has 2 aromatic heterocycles. The molecular weight excluding hydrogens is 306 g/mol. The van der Waals surface area contributed by atoms with Crippen LogP contribution in [-0.4, -0.2) is 45.8 Å². The molecule has 126 valence electrons. The average Bonchev–Trinajstić information content (AvgIpc) is 3.34. The highest BCUT2D eigenvalue weighted by molar-refractivity contribution is 5.61. The van der Waals surface area contributed by atoms with Crippen LogP contribution in [0.3, 0.4) is 0 Å². The van der Waals surface area contributed by atoms with Crippen LogP contribution in [-0.2, 0) is 9.47 Å². The normalized spacial score (nSPS) is 23.5. The van der Waals surface area contributed by atoms with Crippen LogP contribution in [0.1, 0.15) is 37.5 Å². The van der Waals surface area contributed by atoms with Gasteiger partial charge in [0.05, 0.1) is 23.7 Å². The van der Waals surface area contributed by atoms with Crippen molar-refractivity contribution in [3.05, 3.63) is 30.5 Å². The van der Waals surface area contributed by atoms with Gasteiger partial charge in [-0.3, -0.25) is 9.97 Å². The predicted molar refractivity (Wildman–Crippen MR) is 88.4 cm³/mol. The van der Waals surface area contributed by atoms with Gasteiger partial charge in [-0.25, -0.2) is 9.97 Å². The summed E-state index contributed by atoms with van der Waals surface area (Å²) in [4.78, 5) is 17.7. The molecular formula is C17H21N5O2. The van der Waals surface area contributed by atoms with Crippen molar-refractivity contribution >= 4 is 5.95 Å². The summed E-state index contributed by atoms with van der Waals surface area (Å²) in [6.07, 6.45) is 11.4. The first-order valence-electron chi connectivity index (χ1n) is 8.50. The average molecular weight is 327 g/mol. The van der Waals surface area contributed by atoms with Gasteiger partial charge in [0.15, 0.2) is 0 Å². The molecule has 2 saturated heterocycles. The van der Waals surface area contributed by atoms with Gasteiger partial charge in [-0.15, -0.1) is 0 Å². The fourth-order valence-corrected chi connectivity index (χ4v) is 3.16. The SMILES string of the molecule is c1cnc(-c2cnc(NC[C@@H]3CCCO3)nc2[C@@H]2CCCO2)cn1. The Kier molecular flexibility index (Phi) is 4.62. The Hall–Kier alpha value is -2.12. The third kappa shape index (κ3) is 3.37. The zero-order valence-corrected chi connectivity index (χ0v) is 13.5. The molecule has 0 spiro atoms. The van der Waals surface area contributed by atoms with E-state index < -0.39 is 0 Å². The summed E-state index contributed by atoms with van der Waals surface area (Å²) in [5.74, 6) is 0.614. The fourth-order valence-electron chi connectivity index (χ4n) is 3.16. The topological polar surface area (TPSA) is 82.1 Å². The van der Waals surface area contributed by atoms with Crippen molar-refractivity contribution in [1.82, 2.24) is 19.9 Å². The first-order valence-corrected chi connectivity index (χ1v) is 8.50. The molecule has 2 aliphatic heterocycles. The van der Waals surface area contributed by atoms with Crippen LogP contribution in [0.5, 0.6) is 0 Å². The molecule has 0 radical (unpaired) electrons. The second-order valence-electron chi connectivity index (χ2n) is 6.10. The molecule has 4 heterocycles.